The number of tetrazole rings is 1. The summed E-state index contributed by atoms with van der Waals surface area (Å²) in [7, 11) is 0. The van der Waals surface area contributed by atoms with Crippen LogP contribution in [0.3, 0.4) is 0 Å². The van der Waals surface area contributed by atoms with Crippen LogP contribution < -0.4 is 0 Å². The maximum atomic E-state index is 4.77. The number of rotatable bonds is 5. The highest BCUT2D eigenvalue weighted by Gasteiger charge is 2.19. The van der Waals surface area contributed by atoms with E-state index in [1.165, 1.54) is 0 Å². The van der Waals surface area contributed by atoms with E-state index in [-0.39, 0.29) is 6.04 Å². The first kappa shape index (κ1) is 15.4. The maximum Gasteiger partial charge on any atom is 0.198 e. The van der Waals surface area contributed by atoms with Crippen LogP contribution in [0.4, 0.5) is 0 Å². The number of para-hydroxylation sites is 2. The van der Waals surface area contributed by atoms with Crippen molar-refractivity contribution >= 4 is 11.0 Å². The molecule has 0 unspecified atom stereocenters. The van der Waals surface area contributed by atoms with Gasteiger partial charge in [-0.3, -0.25) is 0 Å². The van der Waals surface area contributed by atoms with E-state index in [1.807, 2.05) is 31.3 Å². The summed E-state index contributed by atoms with van der Waals surface area (Å²) in [6.07, 6.45) is 1.87. The first-order valence-electron chi connectivity index (χ1n) is 8.24. The Labute approximate surface area is 144 Å². The third-order valence-corrected chi connectivity index (χ3v) is 4.07. The summed E-state index contributed by atoms with van der Waals surface area (Å²) in [6.45, 7) is 7.19. The molecule has 0 bridgehead atoms. The molecule has 1 aromatic carbocycles. The lowest BCUT2D eigenvalue weighted by Crippen LogP contribution is -2.09. The van der Waals surface area contributed by atoms with Gasteiger partial charge in [-0.15, -0.1) is 15.3 Å². The first-order chi connectivity index (χ1) is 12.1. The molecule has 0 aliphatic carbocycles. The molecule has 0 spiro atoms. The second kappa shape index (κ2) is 6.08. The molecule has 0 fully saturated rings. The van der Waals surface area contributed by atoms with Crippen molar-refractivity contribution in [3.05, 3.63) is 36.3 Å². The lowest BCUT2D eigenvalue weighted by atomic mass is 10.2. The third-order valence-electron chi connectivity index (χ3n) is 4.07. The predicted molar refractivity (Wildman–Crippen MR) is 91.6 cm³/mol. The van der Waals surface area contributed by atoms with Gasteiger partial charge in [0.25, 0.3) is 0 Å². The van der Waals surface area contributed by atoms with Crippen molar-refractivity contribution in [3.63, 3.8) is 0 Å². The third kappa shape index (κ3) is 2.77. The minimum atomic E-state index is -0.164. The second-order valence-corrected chi connectivity index (χ2v) is 6.46. The van der Waals surface area contributed by atoms with Gasteiger partial charge < -0.3 is 4.57 Å². The number of hydrogen-bond acceptors (Lipinski definition) is 6. The number of fused-ring (bicyclic) bond motifs is 1. The Hall–Kier alpha value is -3.10. The number of hydrogen-bond donors (Lipinski definition) is 1. The molecular weight excluding hydrogens is 318 g/mol. The predicted octanol–water partition coefficient (Wildman–Crippen LogP) is 2.07. The molecule has 1 atom stereocenters. The fraction of sp³-hybridized carbons (Fsp3) is 0.375. The van der Waals surface area contributed by atoms with Crippen LogP contribution >= 0.6 is 0 Å². The van der Waals surface area contributed by atoms with E-state index in [2.05, 4.69) is 55.4 Å². The zero-order chi connectivity index (χ0) is 17.4. The Kier molecular flexibility index (Phi) is 3.75. The molecule has 3 aromatic heterocycles. The topological polar surface area (TPSA) is 103 Å². The number of imidazole rings is 1. The van der Waals surface area contributed by atoms with Crippen molar-refractivity contribution in [3.8, 4) is 11.5 Å². The van der Waals surface area contributed by atoms with Crippen molar-refractivity contribution in [1.29, 1.82) is 0 Å². The van der Waals surface area contributed by atoms with Crippen molar-refractivity contribution in [2.45, 2.75) is 33.4 Å². The normalized spacial score (nSPS) is 13.0. The highest BCUT2D eigenvalue weighted by molar-refractivity contribution is 5.79. The van der Waals surface area contributed by atoms with Crippen LogP contribution in [0.2, 0.25) is 0 Å². The molecule has 0 aliphatic rings. The van der Waals surface area contributed by atoms with Crippen LogP contribution in [0.5, 0.6) is 0 Å². The zero-order valence-corrected chi connectivity index (χ0v) is 14.3. The summed E-state index contributed by atoms with van der Waals surface area (Å²) >= 11 is 0. The molecule has 0 amide bonds. The lowest BCUT2D eigenvalue weighted by molar-refractivity contribution is 0.519. The molecule has 128 valence electrons. The van der Waals surface area contributed by atoms with Crippen molar-refractivity contribution in [2.75, 3.05) is 0 Å². The quantitative estimate of drug-likeness (QED) is 0.598. The van der Waals surface area contributed by atoms with Gasteiger partial charge in [-0.25, -0.2) is 9.67 Å². The molecular formula is C16H19N9. The lowest BCUT2D eigenvalue weighted by Gasteiger charge is -2.10. The molecule has 0 aliphatic heterocycles. The molecule has 9 heteroatoms. The summed E-state index contributed by atoms with van der Waals surface area (Å²) < 4.78 is 3.92. The number of benzene rings is 1. The van der Waals surface area contributed by atoms with Gasteiger partial charge in [-0.2, -0.15) is 5.21 Å². The van der Waals surface area contributed by atoms with Crippen LogP contribution in [0, 0.1) is 5.92 Å². The molecule has 4 aromatic rings. The van der Waals surface area contributed by atoms with E-state index in [0.717, 1.165) is 29.1 Å². The van der Waals surface area contributed by atoms with E-state index in [1.54, 1.807) is 4.68 Å². The number of nitrogens with zero attached hydrogens (tertiary/aromatic N) is 8. The van der Waals surface area contributed by atoms with Crippen LogP contribution in [-0.4, -0.2) is 45.2 Å². The second-order valence-electron chi connectivity index (χ2n) is 6.46. The van der Waals surface area contributed by atoms with Crippen molar-refractivity contribution in [2.24, 2.45) is 5.92 Å². The fourth-order valence-electron chi connectivity index (χ4n) is 2.85. The number of aromatic nitrogens is 9. The van der Waals surface area contributed by atoms with Gasteiger partial charge >= 0.3 is 0 Å². The average molecular weight is 337 g/mol. The maximum absolute atomic E-state index is 4.77. The SMILES string of the molecule is CC(C)Cn1c(-c2cn([C@H](C)c3nn[nH]n3)nn2)nc2ccccc21. The molecule has 0 radical (unpaired) electrons. The molecule has 4 rings (SSSR count). The van der Waals surface area contributed by atoms with E-state index >= 15 is 0 Å². The summed E-state index contributed by atoms with van der Waals surface area (Å²) in [5, 5.41) is 22.6. The van der Waals surface area contributed by atoms with Crippen LogP contribution in [0.1, 0.15) is 32.6 Å². The minimum Gasteiger partial charge on any atom is -0.322 e. The zero-order valence-electron chi connectivity index (χ0n) is 14.3. The van der Waals surface area contributed by atoms with Gasteiger partial charge in [0.05, 0.1) is 17.2 Å². The highest BCUT2D eigenvalue weighted by atomic mass is 15.5. The summed E-state index contributed by atoms with van der Waals surface area (Å²) in [5.74, 6) is 1.87. The number of aromatic amines is 1. The molecule has 1 N–H and O–H groups in total. The Morgan fingerprint density at radius 2 is 1.96 bits per heavy atom. The number of nitrogens with one attached hydrogen (secondary N) is 1. The smallest absolute Gasteiger partial charge is 0.198 e. The van der Waals surface area contributed by atoms with Gasteiger partial charge in [-0.1, -0.05) is 36.4 Å². The minimum absolute atomic E-state index is 0.164. The average Bonchev–Trinajstić information content (AvgIpc) is 3.34. The van der Waals surface area contributed by atoms with Crippen molar-refractivity contribution in [1.82, 2.24) is 45.2 Å². The van der Waals surface area contributed by atoms with E-state index < -0.39 is 0 Å². The molecule has 3 heterocycles. The van der Waals surface area contributed by atoms with Crippen molar-refractivity contribution < 1.29 is 0 Å². The van der Waals surface area contributed by atoms with Gasteiger partial charge in [0, 0.05) is 6.54 Å². The van der Waals surface area contributed by atoms with Gasteiger partial charge in [0.1, 0.15) is 11.7 Å². The monoisotopic (exact) mass is 337 g/mol. The molecule has 0 saturated heterocycles. The summed E-state index contributed by atoms with van der Waals surface area (Å²) in [6, 6.07) is 7.96. The van der Waals surface area contributed by atoms with E-state index in [9.17, 15) is 0 Å². The van der Waals surface area contributed by atoms with Gasteiger partial charge in [0.2, 0.25) is 0 Å². The Bertz CT molecular complexity index is 980. The fourth-order valence-corrected chi connectivity index (χ4v) is 2.85. The highest BCUT2D eigenvalue weighted by Crippen LogP contribution is 2.25. The standard InChI is InChI=1S/C16H19N9/c1-10(2)8-24-14-7-5-4-6-12(14)17-16(24)13-9-25(23-18-13)11(3)15-19-21-22-20-15/h4-7,9-11H,8H2,1-3H3,(H,19,20,21,22)/t11-/m1/s1. The molecule has 9 nitrogen and oxygen atoms in total. The number of H-pyrrole nitrogens is 1. The van der Waals surface area contributed by atoms with E-state index in [4.69, 9.17) is 4.98 Å². The van der Waals surface area contributed by atoms with Crippen LogP contribution in [0.15, 0.2) is 30.5 Å². The molecule has 25 heavy (non-hydrogen) atoms. The first-order valence-corrected chi connectivity index (χ1v) is 8.24. The van der Waals surface area contributed by atoms with Crippen LogP contribution in [-0.2, 0) is 6.54 Å². The molecule has 0 saturated carbocycles. The van der Waals surface area contributed by atoms with Gasteiger partial charge in [-0.05, 0) is 25.0 Å². The Morgan fingerprint density at radius 1 is 1.12 bits per heavy atom. The Morgan fingerprint density at radius 3 is 2.72 bits per heavy atom. The summed E-state index contributed by atoms with van der Waals surface area (Å²) in [4.78, 5) is 4.77. The largest absolute Gasteiger partial charge is 0.322 e. The van der Waals surface area contributed by atoms with E-state index in [0.29, 0.717) is 11.7 Å². The summed E-state index contributed by atoms with van der Waals surface area (Å²) in [5.41, 5.74) is 2.79. The Balaban J connectivity index is 1.77. The van der Waals surface area contributed by atoms with Gasteiger partial charge in [0.15, 0.2) is 11.6 Å². The van der Waals surface area contributed by atoms with Crippen LogP contribution in [0.25, 0.3) is 22.6 Å².